The van der Waals surface area contributed by atoms with Gasteiger partial charge in [0.25, 0.3) is 5.91 Å². The molecule has 0 radical (unpaired) electrons. The van der Waals surface area contributed by atoms with Crippen LogP contribution in [0.15, 0.2) is 47.5 Å². The van der Waals surface area contributed by atoms with Gasteiger partial charge >= 0.3 is 5.97 Å². The number of aryl methyl sites for hydroxylation is 1. The third-order valence-electron chi connectivity index (χ3n) is 4.86. The van der Waals surface area contributed by atoms with Crippen LogP contribution in [0.25, 0.3) is 10.2 Å². The summed E-state index contributed by atoms with van der Waals surface area (Å²) in [6.07, 6.45) is 0. The van der Waals surface area contributed by atoms with Crippen molar-refractivity contribution >= 4 is 39.1 Å². The number of carbonyl (C=O) groups excluding carboxylic acids is 2. The number of nitrogens with zero attached hydrogens (tertiary/aromatic N) is 3. The summed E-state index contributed by atoms with van der Waals surface area (Å²) in [5.74, 6) is -0.663. The number of rotatable bonds is 6. The van der Waals surface area contributed by atoms with Gasteiger partial charge in [0.05, 0.1) is 22.9 Å². The third kappa shape index (κ3) is 4.24. The molecule has 0 unspecified atom stereocenters. The fraction of sp³-hybridized carbons (Fsp3) is 0.318. The van der Waals surface area contributed by atoms with Gasteiger partial charge in [-0.3, -0.25) is 4.79 Å². The monoisotopic (exact) mass is 411 g/mol. The number of fused-ring (bicyclic) bond motifs is 1. The summed E-state index contributed by atoms with van der Waals surface area (Å²) in [4.78, 5) is 31.7. The van der Waals surface area contributed by atoms with Crippen molar-refractivity contribution in [1.29, 1.82) is 0 Å². The minimum atomic E-state index is -0.383. The van der Waals surface area contributed by atoms with Crippen LogP contribution in [-0.4, -0.2) is 36.6 Å². The van der Waals surface area contributed by atoms with Gasteiger partial charge in [-0.05, 0) is 63.2 Å². The Morgan fingerprint density at radius 1 is 1.03 bits per heavy atom. The number of aromatic nitrogens is 1. The number of ether oxygens (including phenoxy) is 1. The summed E-state index contributed by atoms with van der Waals surface area (Å²) in [7, 11) is 1.36. The summed E-state index contributed by atoms with van der Waals surface area (Å²) >= 11 is 1.39. The second-order valence-electron chi connectivity index (χ2n) is 6.44. The van der Waals surface area contributed by atoms with E-state index in [2.05, 4.69) is 23.7 Å². The summed E-state index contributed by atoms with van der Waals surface area (Å²) in [5.41, 5.74) is 3.06. The van der Waals surface area contributed by atoms with Gasteiger partial charge < -0.3 is 14.2 Å². The number of methoxy groups -OCH3 is 1. The molecule has 6 nitrogen and oxygen atoms in total. The third-order valence-corrected chi connectivity index (χ3v) is 5.90. The molecule has 3 rings (SSSR count). The highest BCUT2D eigenvalue weighted by molar-refractivity contribution is 7.16. The van der Waals surface area contributed by atoms with Gasteiger partial charge in [-0.15, -0.1) is 0 Å². The quantitative estimate of drug-likeness (QED) is 0.573. The Morgan fingerprint density at radius 2 is 1.69 bits per heavy atom. The molecule has 0 aliphatic heterocycles. The Labute approximate surface area is 174 Å². The van der Waals surface area contributed by atoms with Crippen LogP contribution in [0.5, 0.6) is 0 Å². The van der Waals surface area contributed by atoms with Crippen LogP contribution in [0.2, 0.25) is 0 Å². The normalized spacial score (nSPS) is 11.7. The lowest BCUT2D eigenvalue weighted by molar-refractivity contribution is 0.0601. The number of benzene rings is 2. The lowest BCUT2D eigenvalue weighted by atomic mass is 10.2. The predicted octanol–water partition coefficient (Wildman–Crippen LogP) is 4.10. The molecule has 1 amide bonds. The number of thiazole rings is 1. The lowest BCUT2D eigenvalue weighted by Gasteiger charge is -2.20. The highest BCUT2D eigenvalue weighted by atomic mass is 32.1. The predicted molar refractivity (Wildman–Crippen MR) is 117 cm³/mol. The minimum Gasteiger partial charge on any atom is -0.465 e. The number of carbonyl (C=O) groups is 2. The van der Waals surface area contributed by atoms with Crippen molar-refractivity contribution < 1.29 is 14.3 Å². The smallest absolute Gasteiger partial charge is 0.337 e. The van der Waals surface area contributed by atoms with Crippen LogP contribution in [0.1, 0.15) is 41.5 Å². The molecular formula is C22H25N3O3S. The fourth-order valence-electron chi connectivity index (χ4n) is 3.26. The molecular weight excluding hydrogens is 386 g/mol. The molecule has 1 aromatic heterocycles. The van der Waals surface area contributed by atoms with Crippen LogP contribution in [0, 0.1) is 0 Å². The van der Waals surface area contributed by atoms with Crippen LogP contribution < -0.4 is 9.70 Å². The lowest BCUT2D eigenvalue weighted by Crippen LogP contribution is -2.21. The summed E-state index contributed by atoms with van der Waals surface area (Å²) in [5, 5.41) is 0. The van der Waals surface area contributed by atoms with E-state index < -0.39 is 0 Å². The van der Waals surface area contributed by atoms with E-state index in [4.69, 9.17) is 4.74 Å². The number of anilines is 1. The van der Waals surface area contributed by atoms with E-state index in [9.17, 15) is 9.59 Å². The number of esters is 1. The largest absolute Gasteiger partial charge is 0.465 e. The molecule has 7 heteroatoms. The second kappa shape index (κ2) is 9.05. The maximum atomic E-state index is 12.7. The van der Waals surface area contributed by atoms with Crippen molar-refractivity contribution in [3.8, 4) is 0 Å². The van der Waals surface area contributed by atoms with E-state index in [-0.39, 0.29) is 11.9 Å². The topological polar surface area (TPSA) is 63.9 Å². The fourth-order valence-corrected chi connectivity index (χ4v) is 4.40. The van der Waals surface area contributed by atoms with E-state index in [1.165, 1.54) is 18.4 Å². The Bertz CT molecular complexity index is 1090. The minimum absolute atomic E-state index is 0.280. The molecule has 0 bridgehead atoms. The Hall–Kier alpha value is -2.93. The highest BCUT2D eigenvalue weighted by Crippen LogP contribution is 2.20. The Balaban J connectivity index is 1.98. The molecule has 0 saturated heterocycles. The van der Waals surface area contributed by atoms with Crippen LogP contribution >= 0.6 is 11.3 Å². The average molecular weight is 412 g/mol. The molecule has 1 heterocycles. The molecule has 2 aromatic carbocycles. The van der Waals surface area contributed by atoms with Crippen molar-refractivity contribution in [3.05, 3.63) is 58.4 Å². The summed E-state index contributed by atoms with van der Waals surface area (Å²) < 4.78 is 7.65. The van der Waals surface area contributed by atoms with Gasteiger partial charge in [-0.2, -0.15) is 4.99 Å². The SMILES string of the molecule is CCN(CC)c1ccc(C(=O)N=c2sc3cc(C(=O)OC)ccc3n2CC)cc1. The van der Waals surface area contributed by atoms with Crippen LogP contribution in [0.4, 0.5) is 5.69 Å². The van der Waals surface area contributed by atoms with Crippen molar-refractivity contribution in [2.45, 2.75) is 27.3 Å². The zero-order valence-corrected chi connectivity index (χ0v) is 18.0. The molecule has 0 saturated carbocycles. The first-order valence-electron chi connectivity index (χ1n) is 9.68. The van der Waals surface area contributed by atoms with Crippen molar-refractivity contribution in [2.75, 3.05) is 25.1 Å². The van der Waals surface area contributed by atoms with E-state index >= 15 is 0 Å². The van der Waals surface area contributed by atoms with E-state index in [1.807, 2.05) is 41.8 Å². The van der Waals surface area contributed by atoms with E-state index in [0.29, 0.717) is 22.5 Å². The molecule has 0 atom stereocenters. The van der Waals surface area contributed by atoms with Gasteiger partial charge in [-0.25, -0.2) is 4.79 Å². The first-order valence-corrected chi connectivity index (χ1v) is 10.5. The van der Waals surface area contributed by atoms with Crippen LogP contribution in [0.3, 0.4) is 0 Å². The van der Waals surface area contributed by atoms with E-state index in [1.54, 1.807) is 12.1 Å². The Morgan fingerprint density at radius 3 is 2.28 bits per heavy atom. The average Bonchev–Trinajstić information content (AvgIpc) is 3.10. The first-order chi connectivity index (χ1) is 14.0. The van der Waals surface area contributed by atoms with Gasteiger partial charge in [-0.1, -0.05) is 11.3 Å². The molecule has 0 N–H and O–H groups in total. The van der Waals surface area contributed by atoms with Gasteiger partial charge in [0, 0.05) is 30.9 Å². The zero-order valence-electron chi connectivity index (χ0n) is 17.1. The standard InChI is InChI=1S/C22H25N3O3S/c1-5-24(6-2)17-11-8-15(9-12-17)20(26)23-22-25(7-3)18-13-10-16(21(27)28-4)14-19(18)29-22/h8-14H,5-7H2,1-4H3. The van der Waals surface area contributed by atoms with E-state index in [0.717, 1.165) is 29.0 Å². The van der Waals surface area contributed by atoms with Crippen molar-refractivity contribution in [1.82, 2.24) is 4.57 Å². The van der Waals surface area contributed by atoms with Crippen LogP contribution in [-0.2, 0) is 11.3 Å². The number of amides is 1. The molecule has 0 fully saturated rings. The Kier molecular flexibility index (Phi) is 6.49. The molecule has 152 valence electrons. The molecule has 0 aliphatic rings. The molecule has 29 heavy (non-hydrogen) atoms. The summed E-state index contributed by atoms with van der Waals surface area (Å²) in [6.45, 7) is 8.72. The van der Waals surface area contributed by atoms with Crippen molar-refractivity contribution in [3.63, 3.8) is 0 Å². The second-order valence-corrected chi connectivity index (χ2v) is 7.45. The maximum absolute atomic E-state index is 12.7. The number of hydrogen-bond donors (Lipinski definition) is 0. The van der Waals surface area contributed by atoms with Gasteiger partial charge in [0.2, 0.25) is 0 Å². The summed E-state index contributed by atoms with van der Waals surface area (Å²) in [6, 6.07) is 12.9. The first kappa shape index (κ1) is 20.8. The van der Waals surface area contributed by atoms with Gasteiger partial charge in [0.15, 0.2) is 4.80 Å². The number of hydrogen-bond acceptors (Lipinski definition) is 5. The van der Waals surface area contributed by atoms with Crippen molar-refractivity contribution in [2.24, 2.45) is 4.99 Å². The highest BCUT2D eigenvalue weighted by Gasteiger charge is 2.12. The molecule has 0 aliphatic carbocycles. The zero-order chi connectivity index (χ0) is 21.0. The maximum Gasteiger partial charge on any atom is 0.337 e. The van der Waals surface area contributed by atoms with Gasteiger partial charge in [0.1, 0.15) is 0 Å². The molecule has 3 aromatic rings. The molecule has 0 spiro atoms.